The van der Waals surface area contributed by atoms with Gasteiger partial charge >= 0.3 is 0 Å². The van der Waals surface area contributed by atoms with Crippen LogP contribution in [0.3, 0.4) is 0 Å². The predicted molar refractivity (Wildman–Crippen MR) is 127 cm³/mol. The van der Waals surface area contributed by atoms with Crippen molar-refractivity contribution in [3.8, 4) is 11.8 Å². The van der Waals surface area contributed by atoms with Crippen molar-refractivity contribution in [2.45, 2.75) is 13.0 Å². The van der Waals surface area contributed by atoms with Gasteiger partial charge in [-0.3, -0.25) is 4.79 Å². The van der Waals surface area contributed by atoms with Crippen LogP contribution in [-0.4, -0.2) is 51.8 Å². The second-order valence-electron chi connectivity index (χ2n) is 7.86. The summed E-state index contributed by atoms with van der Waals surface area (Å²) in [5.74, 6) is 0.170. The van der Waals surface area contributed by atoms with E-state index in [4.69, 9.17) is 16.3 Å². The van der Waals surface area contributed by atoms with Gasteiger partial charge in [-0.05, 0) is 44.0 Å². The Balaban J connectivity index is 1.61. The lowest BCUT2D eigenvalue weighted by molar-refractivity contribution is 0.0949. The SMILES string of the molecule is C[C@@H]1CNc2c(sc3ccc4nc(Oc5nc(Cl)ncc5P(C)(C)=O)cnc4c23)C(=O)N1. The molecule has 0 aliphatic carbocycles. The lowest BCUT2D eigenvalue weighted by Gasteiger charge is -2.12. The van der Waals surface area contributed by atoms with Crippen molar-refractivity contribution in [3.05, 3.63) is 34.7 Å². The van der Waals surface area contributed by atoms with Crippen LogP contribution < -0.4 is 20.7 Å². The summed E-state index contributed by atoms with van der Waals surface area (Å²) < 4.78 is 19.4. The molecule has 0 bridgehead atoms. The first-order valence-electron chi connectivity index (χ1n) is 9.73. The van der Waals surface area contributed by atoms with Gasteiger partial charge in [-0.2, -0.15) is 4.98 Å². The maximum absolute atomic E-state index is 12.6. The first-order chi connectivity index (χ1) is 15.2. The fourth-order valence-corrected chi connectivity index (χ4v) is 5.61. The Hall–Kier alpha value is -2.81. The average molecular weight is 489 g/mol. The number of rotatable bonds is 3. The number of carbonyl (C=O) groups is 1. The largest absolute Gasteiger partial charge is 0.418 e. The number of carbonyl (C=O) groups excluding carboxylic acids is 1. The maximum Gasteiger partial charge on any atom is 0.263 e. The van der Waals surface area contributed by atoms with E-state index in [9.17, 15) is 9.36 Å². The minimum atomic E-state index is -2.71. The van der Waals surface area contributed by atoms with Gasteiger partial charge in [0.2, 0.25) is 17.0 Å². The Morgan fingerprint density at radius 3 is 2.81 bits per heavy atom. The van der Waals surface area contributed by atoms with Crippen LogP contribution in [0.2, 0.25) is 5.28 Å². The molecular formula is C20H18ClN6O3PS. The third-order valence-corrected chi connectivity index (χ3v) is 7.80. The number of benzene rings is 1. The first-order valence-corrected chi connectivity index (χ1v) is 13.5. The number of aromatic nitrogens is 4. The van der Waals surface area contributed by atoms with Crippen molar-refractivity contribution in [2.24, 2.45) is 0 Å². The summed E-state index contributed by atoms with van der Waals surface area (Å²) in [4.78, 5) is 30.3. The van der Waals surface area contributed by atoms with Gasteiger partial charge in [-0.15, -0.1) is 11.3 Å². The monoisotopic (exact) mass is 488 g/mol. The number of nitrogens with zero attached hydrogens (tertiary/aromatic N) is 4. The number of hydrogen-bond donors (Lipinski definition) is 2. The molecule has 32 heavy (non-hydrogen) atoms. The van der Waals surface area contributed by atoms with E-state index < -0.39 is 7.14 Å². The normalized spacial score (nSPS) is 16.4. The highest BCUT2D eigenvalue weighted by molar-refractivity contribution is 7.70. The highest BCUT2D eigenvalue weighted by atomic mass is 35.5. The predicted octanol–water partition coefficient (Wildman–Crippen LogP) is 3.87. The van der Waals surface area contributed by atoms with Crippen LogP contribution in [-0.2, 0) is 4.57 Å². The zero-order chi connectivity index (χ0) is 22.6. The number of fused-ring (bicyclic) bond motifs is 5. The fraction of sp³-hybridized carbons (Fsp3) is 0.250. The molecule has 1 aromatic carbocycles. The summed E-state index contributed by atoms with van der Waals surface area (Å²) >= 11 is 7.33. The van der Waals surface area contributed by atoms with Crippen LogP contribution in [0.15, 0.2) is 24.5 Å². The van der Waals surface area contributed by atoms with Crippen LogP contribution >= 0.6 is 30.1 Å². The van der Waals surface area contributed by atoms with E-state index in [0.717, 1.165) is 15.8 Å². The van der Waals surface area contributed by atoms with Crippen molar-refractivity contribution in [3.63, 3.8) is 0 Å². The van der Waals surface area contributed by atoms with E-state index in [2.05, 4.69) is 30.6 Å². The Morgan fingerprint density at radius 1 is 1.22 bits per heavy atom. The molecular weight excluding hydrogens is 471 g/mol. The lowest BCUT2D eigenvalue weighted by atomic mass is 10.1. The number of nitrogens with one attached hydrogen (secondary N) is 2. The second kappa shape index (κ2) is 7.65. The molecule has 0 saturated carbocycles. The molecule has 1 atom stereocenters. The minimum absolute atomic E-state index is 0.0141. The highest BCUT2D eigenvalue weighted by Gasteiger charge is 2.26. The van der Waals surface area contributed by atoms with Gasteiger partial charge in [0.25, 0.3) is 5.91 Å². The number of halogens is 1. The third-order valence-electron chi connectivity index (χ3n) is 5.00. The van der Waals surface area contributed by atoms with Crippen molar-refractivity contribution < 1.29 is 14.1 Å². The Labute approximate surface area is 192 Å². The minimum Gasteiger partial charge on any atom is -0.418 e. The fourth-order valence-electron chi connectivity index (χ4n) is 3.51. The molecule has 0 spiro atoms. The lowest BCUT2D eigenvalue weighted by Crippen LogP contribution is -2.34. The van der Waals surface area contributed by atoms with E-state index in [-0.39, 0.29) is 29.0 Å². The van der Waals surface area contributed by atoms with Crippen molar-refractivity contribution >= 4 is 68.1 Å². The summed E-state index contributed by atoms with van der Waals surface area (Å²) in [6.45, 7) is 5.76. The maximum atomic E-state index is 12.6. The molecule has 0 radical (unpaired) electrons. The number of hydrogen-bond acceptors (Lipinski definition) is 9. The van der Waals surface area contributed by atoms with Gasteiger partial charge in [0.05, 0.1) is 28.2 Å². The van der Waals surface area contributed by atoms with Gasteiger partial charge in [0, 0.05) is 28.9 Å². The molecule has 0 fully saturated rings. The number of ether oxygens (including phenoxy) is 1. The summed E-state index contributed by atoms with van der Waals surface area (Å²) in [7, 11) is -2.71. The molecule has 1 aliphatic rings. The molecule has 0 saturated heterocycles. The van der Waals surface area contributed by atoms with E-state index in [1.807, 2.05) is 19.1 Å². The number of anilines is 1. The molecule has 3 aromatic heterocycles. The second-order valence-corrected chi connectivity index (χ2v) is 12.4. The van der Waals surface area contributed by atoms with Crippen LogP contribution in [0.25, 0.3) is 21.1 Å². The summed E-state index contributed by atoms with van der Waals surface area (Å²) in [6, 6.07) is 3.75. The van der Waals surface area contributed by atoms with Crippen LogP contribution in [0.4, 0.5) is 5.69 Å². The van der Waals surface area contributed by atoms with Crippen LogP contribution in [0.5, 0.6) is 11.8 Å². The smallest absolute Gasteiger partial charge is 0.263 e. The Bertz CT molecular complexity index is 1450. The van der Waals surface area contributed by atoms with Gasteiger partial charge < -0.3 is 19.9 Å². The van der Waals surface area contributed by atoms with Gasteiger partial charge in [0.15, 0.2) is 0 Å². The summed E-state index contributed by atoms with van der Waals surface area (Å²) in [6.07, 6.45) is 2.88. The number of thiophene rings is 1. The first kappa shape index (κ1) is 21.1. The van der Waals surface area contributed by atoms with Crippen molar-refractivity contribution in [1.29, 1.82) is 0 Å². The summed E-state index contributed by atoms with van der Waals surface area (Å²) in [5, 5.41) is 7.54. The Kier molecular flexibility index (Phi) is 5.03. The van der Waals surface area contributed by atoms with Gasteiger partial charge in [-0.25, -0.2) is 15.0 Å². The van der Waals surface area contributed by atoms with E-state index >= 15 is 0 Å². The Morgan fingerprint density at radius 2 is 2.03 bits per heavy atom. The quantitative estimate of drug-likeness (QED) is 0.329. The zero-order valence-electron chi connectivity index (χ0n) is 17.3. The van der Waals surface area contributed by atoms with Gasteiger partial charge in [-0.1, -0.05) is 0 Å². The van der Waals surface area contributed by atoms with Crippen molar-refractivity contribution in [1.82, 2.24) is 25.3 Å². The van der Waals surface area contributed by atoms with E-state index in [0.29, 0.717) is 27.8 Å². The molecule has 5 rings (SSSR count). The highest BCUT2D eigenvalue weighted by Crippen LogP contribution is 2.41. The molecule has 1 aliphatic heterocycles. The molecule has 4 heterocycles. The third kappa shape index (κ3) is 3.68. The molecule has 1 amide bonds. The topological polar surface area (TPSA) is 119 Å². The molecule has 0 unspecified atom stereocenters. The molecule has 2 N–H and O–H groups in total. The standard InChI is InChI=1S/C20H18ClN6O3PS/c1-9-6-22-16-14-12(32-17(16)18(28)25-9)5-4-10-15(14)23-8-13(26-10)30-19-11(31(2,3)29)7-24-20(21)27-19/h4-5,7-9,22H,6H2,1-3H3,(H,25,28)/t9-/m1/s1. The summed E-state index contributed by atoms with van der Waals surface area (Å²) in [5.41, 5.74) is 2.01. The molecule has 12 heteroatoms. The van der Waals surface area contributed by atoms with Crippen molar-refractivity contribution in [2.75, 3.05) is 25.2 Å². The van der Waals surface area contributed by atoms with Crippen LogP contribution in [0.1, 0.15) is 16.6 Å². The zero-order valence-corrected chi connectivity index (χ0v) is 19.8. The van der Waals surface area contributed by atoms with E-state index in [1.165, 1.54) is 23.7 Å². The number of amides is 1. The molecule has 4 aromatic rings. The van der Waals surface area contributed by atoms with Crippen LogP contribution in [0, 0.1) is 0 Å². The van der Waals surface area contributed by atoms with Gasteiger partial charge in [0.1, 0.15) is 12.0 Å². The molecule has 9 nitrogen and oxygen atoms in total. The molecule has 164 valence electrons. The average Bonchev–Trinajstić information content (AvgIpc) is 3.04. The van der Waals surface area contributed by atoms with E-state index in [1.54, 1.807) is 13.3 Å².